The Balaban J connectivity index is 2.23. The number of hydrogen-bond acceptors (Lipinski definition) is 1. The van der Waals surface area contributed by atoms with Gasteiger partial charge in [-0.25, -0.2) is 0 Å². The molecule has 0 spiro atoms. The molecule has 0 unspecified atom stereocenters. The summed E-state index contributed by atoms with van der Waals surface area (Å²) in [7, 11) is 0. The van der Waals surface area contributed by atoms with Gasteiger partial charge < -0.3 is 4.57 Å². The van der Waals surface area contributed by atoms with Crippen LogP contribution in [0.5, 0.6) is 0 Å². The van der Waals surface area contributed by atoms with Gasteiger partial charge in [-0.1, -0.05) is 48.0 Å². The minimum Gasteiger partial charge on any atom is -0.326 e. The highest BCUT2D eigenvalue weighted by Gasteiger charge is 2.16. The molecule has 0 atom stereocenters. The molecule has 0 fully saturated rings. The molecule has 1 heterocycles. The normalized spacial score (nSPS) is 10.8. The molecular weight excluding hydrogens is 280 g/mol. The Morgan fingerprint density at radius 3 is 2.62 bits per heavy atom. The van der Waals surface area contributed by atoms with Gasteiger partial charge in [-0.3, -0.25) is 0 Å². The standard InChI is InChI=1S/C18H15ClN2/c1-12-7-8-15-16(10-20)18(19)21(17(15)9-12)11-14-6-4-3-5-13(14)2/h3-9H,11H2,1-2H3. The Morgan fingerprint density at radius 1 is 1.14 bits per heavy atom. The van der Waals surface area contributed by atoms with Crippen LogP contribution in [0.1, 0.15) is 22.3 Å². The fourth-order valence-electron chi connectivity index (χ4n) is 2.65. The van der Waals surface area contributed by atoms with Crippen LogP contribution in [-0.2, 0) is 6.54 Å². The molecule has 3 rings (SSSR count). The maximum absolute atomic E-state index is 9.37. The summed E-state index contributed by atoms with van der Waals surface area (Å²) in [5, 5.41) is 10.8. The average Bonchev–Trinajstić information content (AvgIpc) is 2.73. The first-order valence-corrected chi connectivity index (χ1v) is 7.22. The SMILES string of the molecule is Cc1ccc2c(C#N)c(Cl)n(Cc3ccccc3C)c2c1. The summed E-state index contributed by atoms with van der Waals surface area (Å²) < 4.78 is 2.02. The van der Waals surface area contributed by atoms with Gasteiger partial charge in [0.15, 0.2) is 0 Å². The Kier molecular flexibility index (Phi) is 3.45. The van der Waals surface area contributed by atoms with E-state index in [1.807, 2.05) is 35.8 Å². The van der Waals surface area contributed by atoms with Crippen molar-refractivity contribution in [2.45, 2.75) is 20.4 Å². The molecule has 0 amide bonds. The smallest absolute Gasteiger partial charge is 0.128 e. The van der Waals surface area contributed by atoms with E-state index < -0.39 is 0 Å². The number of nitriles is 1. The van der Waals surface area contributed by atoms with Crippen molar-refractivity contribution in [3.05, 3.63) is 69.9 Å². The van der Waals surface area contributed by atoms with Gasteiger partial charge in [-0.15, -0.1) is 0 Å². The third kappa shape index (κ3) is 2.30. The predicted octanol–water partition coefficient (Wildman–Crippen LogP) is 4.83. The first kappa shape index (κ1) is 13.7. The van der Waals surface area contributed by atoms with Crippen molar-refractivity contribution >= 4 is 22.5 Å². The van der Waals surface area contributed by atoms with Crippen LogP contribution in [0.4, 0.5) is 0 Å². The second-order valence-corrected chi connectivity index (χ2v) is 5.67. The number of aromatic nitrogens is 1. The largest absolute Gasteiger partial charge is 0.326 e. The molecule has 1 aromatic heterocycles. The maximum atomic E-state index is 9.37. The highest BCUT2D eigenvalue weighted by Crippen LogP contribution is 2.31. The van der Waals surface area contributed by atoms with E-state index in [1.165, 1.54) is 11.1 Å². The minimum absolute atomic E-state index is 0.515. The van der Waals surface area contributed by atoms with Crippen LogP contribution in [-0.4, -0.2) is 4.57 Å². The van der Waals surface area contributed by atoms with Crippen LogP contribution in [0.2, 0.25) is 5.15 Å². The topological polar surface area (TPSA) is 28.7 Å². The van der Waals surface area contributed by atoms with E-state index in [0.29, 0.717) is 17.3 Å². The molecule has 0 aliphatic carbocycles. The van der Waals surface area contributed by atoms with Crippen molar-refractivity contribution in [3.63, 3.8) is 0 Å². The Hall–Kier alpha value is -2.24. The van der Waals surface area contributed by atoms with E-state index in [2.05, 4.69) is 31.2 Å². The highest BCUT2D eigenvalue weighted by molar-refractivity contribution is 6.32. The number of benzene rings is 2. The van der Waals surface area contributed by atoms with Gasteiger partial charge in [-0.05, 0) is 36.6 Å². The molecular formula is C18H15ClN2. The first-order chi connectivity index (χ1) is 10.1. The molecule has 0 N–H and O–H groups in total. The second-order valence-electron chi connectivity index (χ2n) is 5.31. The molecule has 104 valence electrons. The number of halogens is 1. The molecule has 0 saturated carbocycles. The Bertz CT molecular complexity index is 869. The quantitative estimate of drug-likeness (QED) is 0.665. The number of aryl methyl sites for hydroxylation is 2. The van der Waals surface area contributed by atoms with Crippen molar-refractivity contribution < 1.29 is 0 Å². The van der Waals surface area contributed by atoms with E-state index in [-0.39, 0.29) is 0 Å². The van der Waals surface area contributed by atoms with Gasteiger partial charge in [0.05, 0.1) is 11.1 Å². The minimum atomic E-state index is 0.515. The lowest BCUT2D eigenvalue weighted by Gasteiger charge is -2.10. The fraction of sp³-hybridized carbons (Fsp3) is 0.167. The lowest BCUT2D eigenvalue weighted by atomic mass is 10.1. The van der Waals surface area contributed by atoms with Crippen LogP contribution in [0.15, 0.2) is 42.5 Å². The average molecular weight is 295 g/mol. The lowest BCUT2D eigenvalue weighted by Crippen LogP contribution is -2.01. The van der Waals surface area contributed by atoms with Gasteiger partial charge >= 0.3 is 0 Å². The summed E-state index contributed by atoms with van der Waals surface area (Å²) in [6.07, 6.45) is 0. The van der Waals surface area contributed by atoms with Gasteiger partial charge in [0.25, 0.3) is 0 Å². The van der Waals surface area contributed by atoms with Crippen LogP contribution in [0.25, 0.3) is 10.9 Å². The number of nitrogens with zero attached hydrogens (tertiary/aromatic N) is 2. The van der Waals surface area contributed by atoms with Gasteiger partial charge in [0, 0.05) is 11.9 Å². The van der Waals surface area contributed by atoms with E-state index in [9.17, 15) is 5.26 Å². The molecule has 0 saturated heterocycles. The molecule has 3 aromatic rings. The molecule has 0 aliphatic rings. The van der Waals surface area contributed by atoms with E-state index in [4.69, 9.17) is 11.6 Å². The Labute approximate surface area is 129 Å². The zero-order valence-corrected chi connectivity index (χ0v) is 12.8. The zero-order chi connectivity index (χ0) is 15.0. The van der Waals surface area contributed by atoms with Crippen LogP contribution in [0, 0.1) is 25.2 Å². The summed E-state index contributed by atoms with van der Waals surface area (Å²) in [4.78, 5) is 0. The fourth-order valence-corrected chi connectivity index (χ4v) is 2.94. The van der Waals surface area contributed by atoms with Crippen molar-refractivity contribution in [3.8, 4) is 6.07 Å². The van der Waals surface area contributed by atoms with Crippen LogP contribution < -0.4 is 0 Å². The summed E-state index contributed by atoms with van der Waals surface area (Å²) in [5.41, 5.74) is 5.16. The summed E-state index contributed by atoms with van der Waals surface area (Å²) in [6, 6.07) is 16.5. The molecule has 2 aromatic carbocycles. The monoisotopic (exact) mass is 294 g/mol. The molecule has 21 heavy (non-hydrogen) atoms. The summed E-state index contributed by atoms with van der Waals surface area (Å²) in [6.45, 7) is 4.81. The van der Waals surface area contributed by atoms with E-state index in [0.717, 1.165) is 16.5 Å². The summed E-state index contributed by atoms with van der Waals surface area (Å²) >= 11 is 6.45. The molecule has 0 radical (unpaired) electrons. The second kappa shape index (κ2) is 5.27. The van der Waals surface area contributed by atoms with Crippen molar-refractivity contribution in [2.75, 3.05) is 0 Å². The van der Waals surface area contributed by atoms with Crippen LogP contribution >= 0.6 is 11.6 Å². The zero-order valence-electron chi connectivity index (χ0n) is 12.0. The van der Waals surface area contributed by atoms with Crippen LogP contribution in [0.3, 0.4) is 0 Å². The predicted molar refractivity (Wildman–Crippen MR) is 86.7 cm³/mol. The van der Waals surface area contributed by atoms with E-state index >= 15 is 0 Å². The number of hydrogen-bond donors (Lipinski definition) is 0. The lowest BCUT2D eigenvalue weighted by molar-refractivity contribution is 0.830. The van der Waals surface area contributed by atoms with Gasteiger partial charge in [0.1, 0.15) is 11.2 Å². The third-order valence-corrected chi connectivity index (χ3v) is 4.25. The van der Waals surface area contributed by atoms with Gasteiger partial charge in [0.2, 0.25) is 0 Å². The highest BCUT2D eigenvalue weighted by atomic mass is 35.5. The summed E-state index contributed by atoms with van der Waals surface area (Å²) in [5.74, 6) is 0. The van der Waals surface area contributed by atoms with E-state index in [1.54, 1.807) is 0 Å². The van der Waals surface area contributed by atoms with Gasteiger partial charge in [-0.2, -0.15) is 5.26 Å². The number of fused-ring (bicyclic) bond motifs is 1. The maximum Gasteiger partial charge on any atom is 0.128 e. The van der Waals surface area contributed by atoms with Crippen molar-refractivity contribution in [2.24, 2.45) is 0 Å². The number of rotatable bonds is 2. The molecule has 0 aliphatic heterocycles. The van der Waals surface area contributed by atoms with Crippen molar-refractivity contribution in [1.82, 2.24) is 4.57 Å². The van der Waals surface area contributed by atoms with Crippen molar-refractivity contribution in [1.29, 1.82) is 5.26 Å². The molecule has 0 bridgehead atoms. The molecule has 3 heteroatoms. The Morgan fingerprint density at radius 2 is 1.90 bits per heavy atom. The third-order valence-electron chi connectivity index (χ3n) is 3.86. The first-order valence-electron chi connectivity index (χ1n) is 6.84. The molecule has 2 nitrogen and oxygen atoms in total.